The van der Waals surface area contributed by atoms with E-state index in [-0.39, 0.29) is 18.6 Å². The van der Waals surface area contributed by atoms with Gasteiger partial charge in [0, 0.05) is 12.8 Å². The van der Waals surface area contributed by atoms with E-state index in [4.69, 9.17) is 9.84 Å². The fraction of sp³-hybridized carbons (Fsp3) is 0.867. The molecule has 0 spiro atoms. The van der Waals surface area contributed by atoms with Gasteiger partial charge in [0.05, 0.1) is 6.61 Å². The quantitative estimate of drug-likeness (QED) is 0.424. The monoisotopic (exact) mass is 288 g/mol. The standard InChI is InChI=1S/C15H28O5/c1-3-5-7-9-12(17)15(13(18)11-16)20-14(19)10-8-6-4-2/h13,15-16,18H,3-11H2,1-2H3. The molecule has 0 aromatic carbocycles. The largest absolute Gasteiger partial charge is 0.451 e. The van der Waals surface area contributed by atoms with Crippen molar-refractivity contribution in [3.63, 3.8) is 0 Å². The van der Waals surface area contributed by atoms with Crippen LogP contribution in [0.2, 0.25) is 0 Å². The van der Waals surface area contributed by atoms with Crippen molar-refractivity contribution >= 4 is 11.8 Å². The third kappa shape index (κ3) is 8.27. The molecule has 0 aliphatic heterocycles. The van der Waals surface area contributed by atoms with Gasteiger partial charge in [-0.2, -0.15) is 0 Å². The molecule has 0 aliphatic carbocycles. The maximum Gasteiger partial charge on any atom is 0.306 e. The lowest BCUT2D eigenvalue weighted by molar-refractivity contribution is -0.163. The Balaban J connectivity index is 4.33. The molecule has 0 saturated heterocycles. The van der Waals surface area contributed by atoms with Gasteiger partial charge in [-0.25, -0.2) is 0 Å². The van der Waals surface area contributed by atoms with E-state index >= 15 is 0 Å². The van der Waals surface area contributed by atoms with Gasteiger partial charge in [0.15, 0.2) is 11.9 Å². The molecule has 2 atom stereocenters. The molecule has 0 fully saturated rings. The lowest BCUT2D eigenvalue weighted by atomic mass is 10.0. The zero-order chi connectivity index (χ0) is 15.4. The van der Waals surface area contributed by atoms with E-state index in [1.807, 2.05) is 13.8 Å². The molecule has 0 amide bonds. The van der Waals surface area contributed by atoms with E-state index in [9.17, 15) is 14.7 Å². The first-order valence-electron chi connectivity index (χ1n) is 7.57. The molecule has 2 unspecified atom stereocenters. The third-order valence-corrected chi connectivity index (χ3v) is 3.12. The molecule has 5 heteroatoms. The van der Waals surface area contributed by atoms with Crippen LogP contribution in [0.3, 0.4) is 0 Å². The van der Waals surface area contributed by atoms with Gasteiger partial charge in [0.1, 0.15) is 6.10 Å². The molecule has 0 saturated carbocycles. The third-order valence-electron chi connectivity index (χ3n) is 3.12. The second-order valence-electron chi connectivity index (χ2n) is 5.04. The van der Waals surface area contributed by atoms with Crippen LogP contribution in [0.4, 0.5) is 0 Å². The number of hydrogen-bond donors (Lipinski definition) is 2. The van der Waals surface area contributed by atoms with Crippen molar-refractivity contribution in [3.05, 3.63) is 0 Å². The van der Waals surface area contributed by atoms with Crippen LogP contribution in [0.15, 0.2) is 0 Å². The van der Waals surface area contributed by atoms with Crippen molar-refractivity contribution in [2.24, 2.45) is 0 Å². The molecular weight excluding hydrogens is 260 g/mol. The zero-order valence-corrected chi connectivity index (χ0v) is 12.6. The topological polar surface area (TPSA) is 83.8 Å². The van der Waals surface area contributed by atoms with Crippen molar-refractivity contribution in [3.8, 4) is 0 Å². The molecule has 0 radical (unpaired) electrons. The molecule has 118 valence electrons. The normalized spacial score (nSPS) is 13.8. The summed E-state index contributed by atoms with van der Waals surface area (Å²) in [5, 5.41) is 18.6. The van der Waals surface area contributed by atoms with Crippen molar-refractivity contribution in [2.45, 2.75) is 77.4 Å². The van der Waals surface area contributed by atoms with Crippen LogP contribution in [0.25, 0.3) is 0 Å². The Bertz CT molecular complexity index is 277. The predicted molar refractivity (Wildman–Crippen MR) is 76.3 cm³/mol. The fourth-order valence-corrected chi connectivity index (χ4v) is 1.87. The van der Waals surface area contributed by atoms with Gasteiger partial charge in [0.2, 0.25) is 0 Å². The first kappa shape index (κ1) is 19.1. The smallest absolute Gasteiger partial charge is 0.306 e. The Morgan fingerprint density at radius 1 is 1.00 bits per heavy atom. The summed E-state index contributed by atoms with van der Waals surface area (Å²) in [6.07, 6.45) is 3.17. The van der Waals surface area contributed by atoms with Crippen molar-refractivity contribution < 1.29 is 24.5 Å². The average Bonchev–Trinajstić information content (AvgIpc) is 2.44. The number of ketones is 1. The lowest BCUT2D eigenvalue weighted by Crippen LogP contribution is -2.40. The Labute approximate surface area is 121 Å². The molecule has 0 bridgehead atoms. The van der Waals surface area contributed by atoms with Gasteiger partial charge in [-0.3, -0.25) is 9.59 Å². The second kappa shape index (κ2) is 11.9. The minimum Gasteiger partial charge on any atom is -0.451 e. The Morgan fingerprint density at radius 2 is 1.55 bits per heavy atom. The number of rotatable bonds is 12. The maximum atomic E-state index is 11.9. The molecule has 0 aromatic heterocycles. The number of aliphatic hydroxyl groups is 2. The highest BCUT2D eigenvalue weighted by molar-refractivity contribution is 5.86. The number of carbonyl (C=O) groups excluding carboxylic acids is 2. The highest BCUT2D eigenvalue weighted by atomic mass is 16.6. The number of Topliss-reactive ketones (excluding diaryl/α,β-unsaturated/α-hetero) is 1. The lowest BCUT2D eigenvalue weighted by Gasteiger charge is -2.20. The zero-order valence-electron chi connectivity index (χ0n) is 12.6. The SMILES string of the molecule is CCCCCC(=O)OC(C(=O)CCCCC)C(O)CO. The van der Waals surface area contributed by atoms with Crippen LogP contribution in [-0.2, 0) is 14.3 Å². The summed E-state index contributed by atoms with van der Waals surface area (Å²) in [6.45, 7) is 3.46. The number of aliphatic hydroxyl groups excluding tert-OH is 2. The molecule has 2 N–H and O–H groups in total. The highest BCUT2D eigenvalue weighted by Crippen LogP contribution is 2.11. The first-order chi connectivity index (χ1) is 9.56. The van der Waals surface area contributed by atoms with Crippen LogP contribution >= 0.6 is 0 Å². The molecule has 0 heterocycles. The van der Waals surface area contributed by atoms with E-state index in [0.717, 1.165) is 25.7 Å². The highest BCUT2D eigenvalue weighted by Gasteiger charge is 2.29. The van der Waals surface area contributed by atoms with Crippen LogP contribution < -0.4 is 0 Å². The van der Waals surface area contributed by atoms with E-state index in [0.29, 0.717) is 12.8 Å². The van der Waals surface area contributed by atoms with Gasteiger partial charge in [-0.05, 0) is 12.8 Å². The Morgan fingerprint density at radius 3 is 2.05 bits per heavy atom. The summed E-state index contributed by atoms with van der Waals surface area (Å²) in [6, 6.07) is 0. The molecule has 5 nitrogen and oxygen atoms in total. The Hall–Kier alpha value is -0.940. The van der Waals surface area contributed by atoms with Crippen molar-refractivity contribution in [2.75, 3.05) is 6.61 Å². The van der Waals surface area contributed by atoms with E-state index in [1.54, 1.807) is 0 Å². The van der Waals surface area contributed by atoms with Crippen LogP contribution in [0, 0.1) is 0 Å². The van der Waals surface area contributed by atoms with E-state index < -0.39 is 24.8 Å². The second-order valence-corrected chi connectivity index (χ2v) is 5.04. The van der Waals surface area contributed by atoms with Gasteiger partial charge in [-0.1, -0.05) is 39.5 Å². The summed E-state index contributed by atoms with van der Waals surface area (Å²) in [5.74, 6) is -0.802. The van der Waals surface area contributed by atoms with Crippen molar-refractivity contribution in [1.29, 1.82) is 0 Å². The molecule has 0 aliphatic rings. The van der Waals surface area contributed by atoms with Crippen LogP contribution in [0.5, 0.6) is 0 Å². The first-order valence-corrected chi connectivity index (χ1v) is 7.57. The van der Waals surface area contributed by atoms with E-state index in [1.165, 1.54) is 0 Å². The summed E-state index contributed by atoms with van der Waals surface area (Å²) < 4.78 is 5.04. The molecule has 0 aromatic rings. The van der Waals surface area contributed by atoms with Gasteiger partial charge in [0.25, 0.3) is 0 Å². The maximum absolute atomic E-state index is 11.9. The van der Waals surface area contributed by atoms with Gasteiger partial charge in [-0.15, -0.1) is 0 Å². The summed E-state index contributed by atoms with van der Waals surface area (Å²) in [5.41, 5.74) is 0. The van der Waals surface area contributed by atoms with Crippen LogP contribution in [-0.4, -0.2) is 40.8 Å². The summed E-state index contributed by atoms with van der Waals surface area (Å²) in [7, 11) is 0. The van der Waals surface area contributed by atoms with Gasteiger partial charge >= 0.3 is 5.97 Å². The summed E-state index contributed by atoms with van der Waals surface area (Å²) in [4.78, 5) is 23.6. The fourth-order valence-electron chi connectivity index (χ4n) is 1.87. The van der Waals surface area contributed by atoms with E-state index in [2.05, 4.69) is 0 Å². The Kier molecular flexibility index (Phi) is 11.3. The molecular formula is C15H28O5. The molecule has 0 rings (SSSR count). The number of hydrogen-bond acceptors (Lipinski definition) is 5. The number of esters is 1. The molecule has 20 heavy (non-hydrogen) atoms. The minimum atomic E-state index is -1.33. The average molecular weight is 288 g/mol. The van der Waals surface area contributed by atoms with Crippen LogP contribution in [0.1, 0.15) is 65.2 Å². The number of unbranched alkanes of at least 4 members (excludes halogenated alkanes) is 4. The number of ether oxygens (including phenoxy) is 1. The minimum absolute atomic E-state index is 0.241. The predicted octanol–water partition coefficient (Wildman–Crippen LogP) is 1.98. The van der Waals surface area contributed by atoms with Crippen molar-refractivity contribution in [1.82, 2.24) is 0 Å². The number of carbonyl (C=O) groups is 2. The van der Waals surface area contributed by atoms with Gasteiger partial charge < -0.3 is 14.9 Å². The summed E-state index contributed by atoms with van der Waals surface area (Å²) >= 11 is 0.